The predicted octanol–water partition coefficient (Wildman–Crippen LogP) is 3.81. The van der Waals surface area contributed by atoms with Gasteiger partial charge >= 0.3 is 5.97 Å². The summed E-state index contributed by atoms with van der Waals surface area (Å²) in [5.74, 6) is 0.0641. The molecule has 0 radical (unpaired) electrons. The Bertz CT molecular complexity index is 430. The summed E-state index contributed by atoms with van der Waals surface area (Å²) in [4.78, 5) is 12.0. The highest BCUT2D eigenvalue weighted by atomic mass is 79.9. The number of rotatable bonds is 5. The van der Waals surface area contributed by atoms with Crippen LogP contribution in [0.3, 0.4) is 0 Å². The molecule has 0 bridgehead atoms. The molecule has 5 heteroatoms. The largest absolute Gasteiger partial charge is 0.478 e. The lowest BCUT2D eigenvalue weighted by molar-refractivity contribution is 0.0695. The Morgan fingerprint density at radius 1 is 1.56 bits per heavy atom. The van der Waals surface area contributed by atoms with E-state index in [0.717, 1.165) is 36.5 Å². The van der Waals surface area contributed by atoms with Crippen molar-refractivity contribution in [3.63, 3.8) is 0 Å². The molecule has 1 aliphatic rings. The minimum absolute atomic E-state index is 0.317. The molecule has 1 aromatic rings. The van der Waals surface area contributed by atoms with Crippen LogP contribution in [-0.2, 0) is 4.74 Å². The van der Waals surface area contributed by atoms with Gasteiger partial charge in [0.05, 0.1) is 11.7 Å². The second-order valence-corrected chi connectivity index (χ2v) is 6.24. The van der Waals surface area contributed by atoms with E-state index in [9.17, 15) is 4.79 Å². The normalized spacial score (nSPS) is 19.1. The molecule has 1 aromatic carbocycles. The van der Waals surface area contributed by atoms with Gasteiger partial charge in [-0.3, -0.25) is 0 Å². The van der Waals surface area contributed by atoms with Gasteiger partial charge in [0, 0.05) is 21.7 Å². The number of carboxylic acids is 1. The maximum absolute atomic E-state index is 11.0. The molecule has 1 N–H and O–H groups in total. The summed E-state index contributed by atoms with van der Waals surface area (Å²) in [5, 5.41) is 9.03. The van der Waals surface area contributed by atoms with Crippen molar-refractivity contribution in [3.05, 3.63) is 28.2 Å². The lowest BCUT2D eigenvalue weighted by Gasteiger charge is -2.09. The highest BCUT2D eigenvalue weighted by Gasteiger charge is 2.15. The maximum Gasteiger partial charge on any atom is 0.336 e. The van der Waals surface area contributed by atoms with Crippen molar-refractivity contribution in [2.75, 3.05) is 12.4 Å². The number of carboxylic acid groups (broad SMARTS) is 1. The highest BCUT2D eigenvalue weighted by molar-refractivity contribution is 9.10. The van der Waals surface area contributed by atoms with Crippen LogP contribution < -0.4 is 0 Å². The smallest absolute Gasteiger partial charge is 0.336 e. The third-order valence-corrected chi connectivity index (χ3v) is 4.62. The van der Waals surface area contributed by atoms with Crippen LogP contribution in [0, 0.1) is 0 Å². The fourth-order valence-corrected chi connectivity index (χ4v) is 3.34. The van der Waals surface area contributed by atoms with Crippen LogP contribution in [0.1, 0.15) is 29.6 Å². The number of hydrogen-bond donors (Lipinski definition) is 1. The Balaban J connectivity index is 1.88. The van der Waals surface area contributed by atoms with Crippen LogP contribution in [-0.4, -0.2) is 29.5 Å². The van der Waals surface area contributed by atoms with E-state index in [4.69, 9.17) is 9.84 Å². The van der Waals surface area contributed by atoms with Crippen LogP contribution >= 0.6 is 27.7 Å². The number of halogens is 1. The van der Waals surface area contributed by atoms with Crippen LogP contribution in [0.5, 0.6) is 0 Å². The summed E-state index contributed by atoms with van der Waals surface area (Å²) in [6.07, 6.45) is 3.74. The van der Waals surface area contributed by atoms with Gasteiger partial charge in [-0.15, -0.1) is 11.8 Å². The van der Waals surface area contributed by atoms with E-state index in [1.54, 1.807) is 23.9 Å². The minimum Gasteiger partial charge on any atom is -0.478 e. The zero-order valence-corrected chi connectivity index (χ0v) is 12.3. The first-order valence-electron chi connectivity index (χ1n) is 5.94. The minimum atomic E-state index is -0.900. The van der Waals surface area contributed by atoms with Crippen LogP contribution in [0.25, 0.3) is 0 Å². The molecule has 0 aromatic heterocycles. The summed E-state index contributed by atoms with van der Waals surface area (Å²) < 4.78 is 6.18. The molecule has 98 valence electrons. The third kappa shape index (κ3) is 3.73. The summed E-state index contributed by atoms with van der Waals surface area (Å²) in [6.45, 7) is 0.886. The molecule has 0 saturated carbocycles. The molecular formula is C13H15BrO3S. The molecule has 0 amide bonds. The van der Waals surface area contributed by atoms with Crippen LogP contribution in [0.2, 0.25) is 0 Å². The summed E-state index contributed by atoms with van der Waals surface area (Å²) in [5.41, 5.74) is 0.317. The lowest BCUT2D eigenvalue weighted by atomic mass is 10.2. The molecule has 1 fully saturated rings. The first kappa shape index (κ1) is 13.9. The summed E-state index contributed by atoms with van der Waals surface area (Å²) in [7, 11) is 0. The number of carbonyl (C=O) groups is 1. The molecular weight excluding hydrogens is 316 g/mol. The number of thioether (sulfide) groups is 1. The molecule has 1 aliphatic heterocycles. The fourth-order valence-electron chi connectivity index (χ4n) is 1.94. The van der Waals surface area contributed by atoms with Gasteiger partial charge in [-0.2, -0.15) is 0 Å². The van der Waals surface area contributed by atoms with Gasteiger partial charge in [0.2, 0.25) is 0 Å². The number of benzene rings is 1. The zero-order valence-electron chi connectivity index (χ0n) is 9.89. The quantitative estimate of drug-likeness (QED) is 0.834. The van der Waals surface area contributed by atoms with Gasteiger partial charge in [0.15, 0.2) is 0 Å². The van der Waals surface area contributed by atoms with Crippen LogP contribution in [0.15, 0.2) is 27.6 Å². The van der Waals surface area contributed by atoms with E-state index in [1.807, 2.05) is 6.07 Å². The Labute approximate surface area is 119 Å². The Kier molecular flexibility index (Phi) is 5.09. The van der Waals surface area contributed by atoms with Crippen molar-refractivity contribution in [3.8, 4) is 0 Å². The average molecular weight is 331 g/mol. The topological polar surface area (TPSA) is 46.5 Å². The second kappa shape index (κ2) is 6.59. The van der Waals surface area contributed by atoms with E-state index < -0.39 is 5.97 Å². The lowest BCUT2D eigenvalue weighted by Crippen LogP contribution is -2.05. The van der Waals surface area contributed by atoms with Crippen molar-refractivity contribution in [2.45, 2.75) is 30.3 Å². The van der Waals surface area contributed by atoms with Gasteiger partial charge in [-0.1, -0.05) is 0 Å². The molecule has 0 spiro atoms. The monoisotopic (exact) mass is 330 g/mol. The first-order valence-corrected chi connectivity index (χ1v) is 7.72. The van der Waals surface area contributed by atoms with Gasteiger partial charge in [0.1, 0.15) is 0 Å². The number of aromatic carboxylic acids is 1. The molecule has 1 unspecified atom stereocenters. The highest BCUT2D eigenvalue weighted by Crippen LogP contribution is 2.27. The maximum atomic E-state index is 11.0. The standard InChI is InChI=1S/C13H15BrO3S/c14-12-4-3-10(8-11(12)13(15)16)18-7-5-9-2-1-6-17-9/h3-4,8-9H,1-2,5-7H2,(H,15,16). The van der Waals surface area contributed by atoms with Crippen molar-refractivity contribution < 1.29 is 14.6 Å². The van der Waals surface area contributed by atoms with Gasteiger partial charge in [-0.25, -0.2) is 4.79 Å². The predicted molar refractivity (Wildman–Crippen MR) is 75.4 cm³/mol. The summed E-state index contributed by atoms with van der Waals surface area (Å²) >= 11 is 4.93. The molecule has 3 nitrogen and oxygen atoms in total. The van der Waals surface area contributed by atoms with Crippen molar-refractivity contribution >= 4 is 33.7 Å². The molecule has 2 rings (SSSR count). The van der Waals surface area contributed by atoms with E-state index >= 15 is 0 Å². The van der Waals surface area contributed by atoms with Crippen molar-refractivity contribution in [2.24, 2.45) is 0 Å². The molecule has 18 heavy (non-hydrogen) atoms. The number of ether oxygens (including phenoxy) is 1. The SMILES string of the molecule is O=C(O)c1cc(SCCC2CCCO2)ccc1Br. The van der Waals surface area contributed by atoms with E-state index in [0.29, 0.717) is 16.1 Å². The Hall–Kier alpha value is -0.520. The first-order chi connectivity index (χ1) is 8.66. The van der Waals surface area contributed by atoms with Gasteiger partial charge in [0.25, 0.3) is 0 Å². The van der Waals surface area contributed by atoms with Gasteiger partial charge < -0.3 is 9.84 Å². The van der Waals surface area contributed by atoms with E-state index in [2.05, 4.69) is 15.9 Å². The van der Waals surface area contributed by atoms with Crippen molar-refractivity contribution in [1.29, 1.82) is 0 Å². The molecule has 1 heterocycles. The van der Waals surface area contributed by atoms with Gasteiger partial charge in [-0.05, 0) is 53.4 Å². The Morgan fingerprint density at radius 2 is 2.39 bits per heavy atom. The second-order valence-electron chi connectivity index (χ2n) is 4.22. The Morgan fingerprint density at radius 3 is 3.06 bits per heavy atom. The fraction of sp³-hybridized carbons (Fsp3) is 0.462. The molecule has 0 aliphatic carbocycles. The molecule has 1 saturated heterocycles. The zero-order chi connectivity index (χ0) is 13.0. The van der Waals surface area contributed by atoms with Crippen molar-refractivity contribution in [1.82, 2.24) is 0 Å². The van der Waals surface area contributed by atoms with E-state index in [-0.39, 0.29) is 0 Å². The van der Waals surface area contributed by atoms with E-state index in [1.165, 1.54) is 0 Å². The summed E-state index contributed by atoms with van der Waals surface area (Å²) in [6, 6.07) is 5.45. The average Bonchev–Trinajstić information content (AvgIpc) is 2.84. The third-order valence-electron chi connectivity index (χ3n) is 2.90. The number of hydrogen-bond acceptors (Lipinski definition) is 3. The molecule has 1 atom stereocenters. The van der Waals surface area contributed by atoms with Crippen LogP contribution in [0.4, 0.5) is 0 Å².